The lowest BCUT2D eigenvalue weighted by atomic mass is 10.1. The third kappa shape index (κ3) is 4.41. The van der Waals surface area contributed by atoms with Gasteiger partial charge in [0.05, 0.1) is 5.69 Å². The lowest BCUT2D eigenvalue weighted by Crippen LogP contribution is -2.20. The van der Waals surface area contributed by atoms with Crippen molar-refractivity contribution in [1.82, 2.24) is 0 Å². The Morgan fingerprint density at radius 1 is 1.09 bits per heavy atom. The third-order valence-electron chi connectivity index (χ3n) is 3.24. The van der Waals surface area contributed by atoms with E-state index in [1.807, 2.05) is 73.6 Å². The summed E-state index contributed by atoms with van der Waals surface area (Å²) in [6.07, 6.45) is 0.329. The van der Waals surface area contributed by atoms with Crippen LogP contribution in [0.15, 0.2) is 64.8 Å². The molecule has 2 rings (SSSR count). The average Bonchev–Trinajstić information content (AvgIpc) is 2.52. The Labute approximate surface area is 129 Å². The van der Waals surface area contributed by atoms with Gasteiger partial charge >= 0.3 is 5.97 Å². The molecule has 0 fully saturated rings. The molecule has 2 aromatic rings. The Morgan fingerprint density at radius 2 is 1.73 bits per heavy atom. The van der Waals surface area contributed by atoms with Gasteiger partial charge in [-0.2, -0.15) is 10.2 Å². The summed E-state index contributed by atoms with van der Waals surface area (Å²) in [7, 11) is 3.91. The van der Waals surface area contributed by atoms with Gasteiger partial charge in [-0.1, -0.05) is 30.3 Å². The highest BCUT2D eigenvalue weighted by atomic mass is 16.4. The molecule has 1 atom stereocenters. The maximum Gasteiger partial charge on any atom is 0.330 e. The van der Waals surface area contributed by atoms with E-state index in [0.29, 0.717) is 12.1 Å². The molecule has 0 saturated carbocycles. The maximum absolute atomic E-state index is 11.3. The Balaban J connectivity index is 2.08. The van der Waals surface area contributed by atoms with Crippen LogP contribution in [-0.4, -0.2) is 31.2 Å². The summed E-state index contributed by atoms with van der Waals surface area (Å²) in [6, 6.07) is 16.0. The first kappa shape index (κ1) is 15.7. The first-order valence-electron chi connectivity index (χ1n) is 7.01. The van der Waals surface area contributed by atoms with Gasteiger partial charge in [-0.25, -0.2) is 4.79 Å². The summed E-state index contributed by atoms with van der Waals surface area (Å²) in [6.45, 7) is 0. The van der Waals surface area contributed by atoms with E-state index in [2.05, 4.69) is 10.2 Å². The molecule has 0 saturated heterocycles. The maximum atomic E-state index is 11.3. The second-order valence-electron chi connectivity index (χ2n) is 5.17. The Morgan fingerprint density at radius 3 is 2.27 bits per heavy atom. The fourth-order valence-electron chi connectivity index (χ4n) is 1.97. The van der Waals surface area contributed by atoms with Gasteiger partial charge in [-0.3, -0.25) is 0 Å². The van der Waals surface area contributed by atoms with Crippen molar-refractivity contribution in [2.24, 2.45) is 10.2 Å². The van der Waals surface area contributed by atoms with Crippen molar-refractivity contribution in [1.29, 1.82) is 0 Å². The van der Waals surface area contributed by atoms with Crippen LogP contribution in [-0.2, 0) is 11.2 Å². The van der Waals surface area contributed by atoms with Crippen molar-refractivity contribution in [3.8, 4) is 0 Å². The van der Waals surface area contributed by atoms with Gasteiger partial charge < -0.3 is 10.0 Å². The van der Waals surface area contributed by atoms with Crippen molar-refractivity contribution < 1.29 is 9.90 Å². The van der Waals surface area contributed by atoms with Gasteiger partial charge in [-0.15, -0.1) is 0 Å². The third-order valence-corrected chi connectivity index (χ3v) is 3.24. The highest BCUT2D eigenvalue weighted by Crippen LogP contribution is 2.19. The molecule has 0 aliphatic heterocycles. The summed E-state index contributed by atoms with van der Waals surface area (Å²) in [4.78, 5) is 13.3. The molecular weight excluding hydrogens is 278 g/mol. The molecule has 0 spiro atoms. The van der Waals surface area contributed by atoms with Crippen LogP contribution < -0.4 is 4.90 Å². The highest BCUT2D eigenvalue weighted by molar-refractivity contribution is 5.74. The number of benzene rings is 2. The van der Waals surface area contributed by atoms with E-state index in [1.54, 1.807) is 0 Å². The number of hydrogen-bond acceptors (Lipinski definition) is 4. The summed E-state index contributed by atoms with van der Waals surface area (Å²) in [5.74, 6) is -0.975. The van der Waals surface area contributed by atoms with E-state index in [1.165, 1.54) is 0 Å². The topological polar surface area (TPSA) is 65.3 Å². The number of nitrogens with zero attached hydrogens (tertiary/aromatic N) is 3. The minimum Gasteiger partial charge on any atom is -0.480 e. The highest BCUT2D eigenvalue weighted by Gasteiger charge is 2.17. The molecule has 1 N–H and O–H groups in total. The fraction of sp³-hybridized carbons (Fsp3) is 0.235. The second kappa shape index (κ2) is 7.36. The molecule has 0 radical (unpaired) electrons. The Kier molecular flexibility index (Phi) is 5.25. The zero-order valence-electron chi connectivity index (χ0n) is 12.7. The molecule has 0 amide bonds. The van der Waals surface area contributed by atoms with Crippen LogP contribution in [0.3, 0.4) is 0 Å². The van der Waals surface area contributed by atoms with E-state index in [4.69, 9.17) is 0 Å². The minimum atomic E-state index is -0.975. The molecule has 0 heterocycles. The van der Waals surface area contributed by atoms with Crippen LogP contribution in [0.4, 0.5) is 11.4 Å². The van der Waals surface area contributed by atoms with Crippen LogP contribution >= 0.6 is 0 Å². The number of anilines is 1. The molecule has 5 nitrogen and oxygen atoms in total. The summed E-state index contributed by atoms with van der Waals surface area (Å²) >= 11 is 0. The molecule has 1 unspecified atom stereocenters. The van der Waals surface area contributed by atoms with Gasteiger partial charge in [0.25, 0.3) is 0 Å². The van der Waals surface area contributed by atoms with Crippen molar-refractivity contribution in [3.05, 3.63) is 60.2 Å². The normalized spacial score (nSPS) is 12.3. The van der Waals surface area contributed by atoms with E-state index in [9.17, 15) is 9.90 Å². The van der Waals surface area contributed by atoms with Gasteiger partial charge in [0.1, 0.15) is 0 Å². The summed E-state index contributed by atoms with van der Waals surface area (Å²) in [5.41, 5.74) is 2.62. The number of hydrogen-bond donors (Lipinski definition) is 1. The van der Waals surface area contributed by atoms with Gasteiger partial charge in [0, 0.05) is 26.2 Å². The predicted molar refractivity (Wildman–Crippen MR) is 86.9 cm³/mol. The van der Waals surface area contributed by atoms with Crippen molar-refractivity contribution in [3.63, 3.8) is 0 Å². The summed E-state index contributed by atoms with van der Waals surface area (Å²) < 4.78 is 0. The molecule has 0 bridgehead atoms. The van der Waals surface area contributed by atoms with Crippen LogP contribution in [0, 0.1) is 0 Å². The molecule has 0 aliphatic rings. The molecule has 22 heavy (non-hydrogen) atoms. The van der Waals surface area contributed by atoms with Crippen LogP contribution in [0.2, 0.25) is 0 Å². The average molecular weight is 297 g/mol. The number of carboxylic acid groups (broad SMARTS) is 1. The van der Waals surface area contributed by atoms with Crippen LogP contribution in [0.25, 0.3) is 0 Å². The fourth-order valence-corrected chi connectivity index (χ4v) is 1.97. The largest absolute Gasteiger partial charge is 0.480 e. The number of azo groups is 1. The minimum absolute atomic E-state index is 0.329. The molecule has 0 aromatic heterocycles. The van der Waals surface area contributed by atoms with E-state index in [0.717, 1.165) is 11.3 Å². The molecular formula is C17H19N3O2. The van der Waals surface area contributed by atoms with Gasteiger partial charge in [0.15, 0.2) is 6.04 Å². The number of carboxylic acids is 1. The number of carbonyl (C=O) groups is 1. The molecule has 2 aromatic carbocycles. The number of rotatable bonds is 6. The zero-order valence-corrected chi connectivity index (χ0v) is 12.7. The monoisotopic (exact) mass is 297 g/mol. The standard InChI is InChI=1S/C17H19N3O2/c1-20(2)15-10-8-14(9-11-15)18-19-16(17(21)22)12-13-6-4-3-5-7-13/h3-11,16H,12H2,1-2H3,(H,21,22). The summed E-state index contributed by atoms with van der Waals surface area (Å²) in [5, 5.41) is 17.3. The molecule has 0 aliphatic carbocycles. The van der Waals surface area contributed by atoms with Gasteiger partial charge in [-0.05, 0) is 29.8 Å². The van der Waals surface area contributed by atoms with Crippen molar-refractivity contribution >= 4 is 17.3 Å². The zero-order chi connectivity index (χ0) is 15.9. The predicted octanol–water partition coefficient (Wildman–Crippen LogP) is 3.53. The number of aliphatic carboxylic acids is 1. The van der Waals surface area contributed by atoms with Crippen molar-refractivity contribution in [2.75, 3.05) is 19.0 Å². The Bertz CT molecular complexity index is 637. The van der Waals surface area contributed by atoms with E-state index >= 15 is 0 Å². The van der Waals surface area contributed by atoms with Crippen LogP contribution in [0.5, 0.6) is 0 Å². The molecule has 114 valence electrons. The van der Waals surface area contributed by atoms with Crippen LogP contribution in [0.1, 0.15) is 5.56 Å². The molecule has 5 heteroatoms. The lowest BCUT2D eigenvalue weighted by Gasteiger charge is -2.11. The van der Waals surface area contributed by atoms with E-state index in [-0.39, 0.29) is 0 Å². The van der Waals surface area contributed by atoms with E-state index < -0.39 is 12.0 Å². The SMILES string of the molecule is CN(C)c1ccc(N=NC(Cc2ccccc2)C(=O)O)cc1. The smallest absolute Gasteiger partial charge is 0.330 e. The van der Waals surface area contributed by atoms with Gasteiger partial charge in [0.2, 0.25) is 0 Å². The lowest BCUT2D eigenvalue weighted by molar-refractivity contribution is -0.138. The first-order valence-corrected chi connectivity index (χ1v) is 7.01. The quantitative estimate of drug-likeness (QED) is 0.829. The second-order valence-corrected chi connectivity index (χ2v) is 5.17. The van der Waals surface area contributed by atoms with Crippen molar-refractivity contribution in [2.45, 2.75) is 12.5 Å². The Hall–Kier alpha value is -2.69. The first-order chi connectivity index (χ1) is 10.6.